The molecule has 3 aromatic rings. The second-order valence-corrected chi connectivity index (χ2v) is 6.71. The van der Waals surface area contributed by atoms with E-state index in [2.05, 4.69) is 39.3 Å². The Hall–Kier alpha value is -2.67. The van der Waals surface area contributed by atoms with Crippen molar-refractivity contribution in [2.45, 2.75) is 12.7 Å². The van der Waals surface area contributed by atoms with Crippen LogP contribution in [0.5, 0.6) is 5.75 Å². The van der Waals surface area contributed by atoms with Crippen LogP contribution in [0.15, 0.2) is 48.8 Å². The van der Waals surface area contributed by atoms with Crippen molar-refractivity contribution in [3.05, 3.63) is 60.2 Å². The summed E-state index contributed by atoms with van der Waals surface area (Å²) in [4.78, 5) is 12.8. The third-order valence-corrected chi connectivity index (χ3v) is 4.58. The fraction of sp³-hybridized carbons (Fsp3) is 0.211. The Morgan fingerprint density at radius 2 is 2.04 bits per heavy atom. The Morgan fingerprint density at radius 3 is 2.85 bits per heavy atom. The number of benzene rings is 2. The minimum Gasteiger partial charge on any atom is -0.496 e. The van der Waals surface area contributed by atoms with Gasteiger partial charge < -0.3 is 10.1 Å². The number of rotatable bonds is 7. The first-order valence-electron chi connectivity index (χ1n) is 8.16. The van der Waals surface area contributed by atoms with Gasteiger partial charge >= 0.3 is 0 Å². The van der Waals surface area contributed by atoms with Crippen molar-refractivity contribution in [2.24, 2.45) is 0 Å². The molecule has 3 rings (SSSR count). The van der Waals surface area contributed by atoms with Gasteiger partial charge in [-0.1, -0.05) is 19.1 Å². The topological polar surface area (TPSA) is 59.9 Å². The first-order chi connectivity index (χ1) is 12.7. The van der Waals surface area contributed by atoms with Gasteiger partial charge in [-0.15, -0.1) is 0 Å². The SMILES string of the molecule is CCSCc1cccc(Nc2ncnc(-c3ccc(F)cc3OC)n2)c1. The molecule has 0 saturated carbocycles. The first kappa shape index (κ1) is 18.1. The van der Waals surface area contributed by atoms with Crippen LogP contribution in [0, 0.1) is 5.82 Å². The quantitative estimate of drug-likeness (QED) is 0.651. The molecule has 1 aromatic heterocycles. The van der Waals surface area contributed by atoms with Gasteiger partial charge in [-0.2, -0.15) is 16.7 Å². The standard InChI is InChI=1S/C19H19FN4OS/c1-3-26-11-13-5-4-6-15(9-13)23-19-22-12-21-18(24-19)16-8-7-14(20)10-17(16)25-2/h4-10,12H,3,11H2,1-2H3,(H,21,22,23,24). The maximum absolute atomic E-state index is 13.4. The second kappa shape index (κ2) is 8.62. The maximum atomic E-state index is 13.4. The second-order valence-electron chi connectivity index (χ2n) is 5.44. The van der Waals surface area contributed by atoms with Crippen LogP contribution in [0.1, 0.15) is 12.5 Å². The summed E-state index contributed by atoms with van der Waals surface area (Å²) in [5.74, 6) is 2.87. The molecule has 0 bridgehead atoms. The number of thioether (sulfide) groups is 1. The molecule has 134 valence electrons. The molecule has 7 heteroatoms. The molecule has 26 heavy (non-hydrogen) atoms. The number of methoxy groups -OCH3 is 1. The number of hydrogen-bond donors (Lipinski definition) is 1. The summed E-state index contributed by atoms with van der Waals surface area (Å²) in [7, 11) is 1.48. The van der Waals surface area contributed by atoms with Gasteiger partial charge in [0.1, 0.15) is 17.9 Å². The van der Waals surface area contributed by atoms with E-state index in [1.54, 1.807) is 6.07 Å². The lowest BCUT2D eigenvalue weighted by Gasteiger charge is -2.10. The van der Waals surface area contributed by atoms with Crippen molar-refractivity contribution in [2.75, 3.05) is 18.2 Å². The number of hydrogen-bond acceptors (Lipinski definition) is 6. The monoisotopic (exact) mass is 370 g/mol. The highest BCUT2D eigenvalue weighted by atomic mass is 32.2. The molecule has 2 aromatic carbocycles. The Kier molecular flexibility index (Phi) is 6.01. The Balaban J connectivity index is 1.84. The van der Waals surface area contributed by atoms with Crippen LogP contribution in [0.3, 0.4) is 0 Å². The fourth-order valence-electron chi connectivity index (χ4n) is 2.42. The average molecular weight is 370 g/mol. The molecule has 0 aliphatic heterocycles. The van der Waals surface area contributed by atoms with Gasteiger partial charge in [-0.25, -0.2) is 14.4 Å². The van der Waals surface area contributed by atoms with Crippen molar-refractivity contribution in [1.29, 1.82) is 0 Å². The van der Waals surface area contributed by atoms with Gasteiger partial charge in [0.05, 0.1) is 12.7 Å². The Labute approximate surface area is 156 Å². The zero-order chi connectivity index (χ0) is 18.4. The number of nitrogens with one attached hydrogen (secondary N) is 1. The van der Waals surface area contributed by atoms with Crippen molar-refractivity contribution < 1.29 is 9.13 Å². The molecule has 1 N–H and O–H groups in total. The van der Waals surface area contributed by atoms with Crippen molar-refractivity contribution >= 4 is 23.4 Å². The van der Waals surface area contributed by atoms with Crippen LogP contribution in [-0.4, -0.2) is 27.8 Å². The summed E-state index contributed by atoms with van der Waals surface area (Å²) >= 11 is 1.87. The van der Waals surface area contributed by atoms with E-state index in [1.165, 1.54) is 31.1 Å². The van der Waals surface area contributed by atoms with Gasteiger partial charge in [0.25, 0.3) is 0 Å². The predicted octanol–water partition coefficient (Wildman–Crippen LogP) is 4.68. The lowest BCUT2D eigenvalue weighted by Crippen LogP contribution is -2.01. The number of nitrogens with zero attached hydrogens (tertiary/aromatic N) is 3. The van der Waals surface area contributed by atoms with E-state index in [0.29, 0.717) is 23.1 Å². The van der Waals surface area contributed by atoms with Crippen LogP contribution in [-0.2, 0) is 5.75 Å². The minimum absolute atomic E-state index is 0.375. The molecule has 0 fully saturated rings. The van der Waals surface area contributed by atoms with E-state index in [9.17, 15) is 4.39 Å². The average Bonchev–Trinajstić information content (AvgIpc) is 2.66. The molecular weight excluding hydrogens is 351 g/mol. The molecule has 0 saturated heterocycles. The molecule has 0 spiro atoms. The lowest BCUT2D eigenvalue weighted by molar-refractivity contribution is 0.412. The van der Waals surface area contributed by atoms with Crippen molar-refractivity contribution in [1.82, 2.24) is 15.0 Å². The highest BCUT2D eigenvalue weighted by Crippen LogP contribution is 2.28. The van der Waals surface area contributed by atoms with Crippen LogP contribution in [0.25, 0.3) is 11.4 Å². The molecule has 0 aliphatic carbocycles. The van der Waals surface area contributed by atoms with Crippen LogP contribution in [0.4, 0.5) is 16.0 Å². The molecule has 0 atom stereocenters. The lowest BCUT2D eigenvalue weighted by atomic mass is 10.2. The molecule has 0 aliphatic rings. The van der Waals surface area contributed by atoms with E-state index in [0.717, 1.165) is 17.2 Å². The highest BCUT2D eigenvalue weighted by molar-refractivity contribution is 7.98. The molecule has 0 radical (unpaired) electrons. The third kappa shape index (κ3) is 4.49. The molecule has 1 heterocycles. The van der Waals surface area contributed by atoms with E-state index in [1.807, 2.05) is 23.9 Å². The highest BCUT2D eigenvalue weighted by Gasteiger charge is 2.11. The van der Waals surface area contributed by atoms with Gasteiger partial charge in [-0.3, -0.25) is 0 Å². The van der Waals surface area contributed by atoms with Gasteiger partial charge in [0, 0.05) is 17.5 Å². The summed E-state index contributed by atoms with van der Waals surface area (Å²) < 4.78 is 18.6. The van der Waals surface area contributed by atoms with Crippen LogP contribution < -0.4 is 10.1 Å². The van der Waals surface area contributed by atoms with Gasteiger partial charge in [0.15, 0.2) is 5.82 Å². The van der Waals surface area contributed by atoms with E-state index >= 15 is 0 Å². The summed E-state index contributed by atoms with van der Waals surface area (Å²) in [6.45, 7) is 2.14. The number of aromatic nitrogens is 3. The third-order valence-electron chi connectivity index (χ3n) is 3.63. The van der Waals surface area contributed by atoms with E-state index < -0.39 is 0 Å². The molecule has 0 unspecified atom stereocenters. The number of halogens is 1. The van der Waals surface area contributed by atoms with E-state index in [-0.39, 0.29) is 5.82 Å². The minimum atomic E-state index is -0.375. The van der Waals surface area contributed by atoms with Crippen LogP contribution in [0.2, 0.25) is 0 Å². The summed E-state index contributed by atoms with van der Waals surface area (Å²) in [6.07, 6.45) is 1.42. The summed E-state index contributed by atoms with van der Waals surface area (Å²) in [6, 6.07) is 12.4. The van der Waals surface area contributed by atoms with Crippen molar-refractivity contribution in [3.63, 3.8) is 0 Å². The fourth-order valence-corrected chi connectivity index (χ4v) is 3.04. The van der Waals surface area contributed by atoms with Gasteiger partial charge in [-0.05, 0) is 35.6 Å². The van der Waals surface area contributed by atoms with E-state index in [4.69, 9.17) is 4.74 Å². The predicted molar refractivity (Wildman–Crippen MR) is 103 cm³/mol. The zero-order valence-corrected chi connectivity index (χ0v) is 15.4. The molecule has 5 nitrogen and oxygen atoms in total. The number of ether oxygens (including phenoxy) is 1. The number of anilines is 2. The summed E-state index contributed by atoms with van der Waals surface area (Å²) in [5, 5.41) is 3.19. The van der Waals surface area contributed by atoms with Crippen molar-refractivity contribution in [3.8, 4) is 17.1 Å². The first-order valence-corrected chi connectivity index (χ1v) is 9.31. The summed E-state index contributed by atoms with van der Waals surface area (Å²) in [5.41, 5.74) is 2.74. The molecular formula is C19H19FN4OS. The largest absolute Gasteiger partial charge is 0.496 e. The van der Waals surface area contributed by atoms with Gasteiger partial charge in [0.2, 0.25) is 5.95 Å². The molecule has 0 amide bonds. The zero-order valence-electron chi connectivity index (χ0n) is 14.6. The smallest absolute Gasteiger partial charge is 0.230 e. The Bertz CT molecular complexity index is 891. The van der Waals surface area contributed by atoms with Crippen LogP contribution >= 0.6 is 11.8 Å². The Morgan fingerprint density at radius 1 is 1.15 bits per heavy atom. The normalized spacial score (nSPS) is 10.6. The maximum Gasteiger partial charge on any atom is 0.230 e.